The van der Waals surface area contributed by atoms with E-state index in [2.05, 4.69) is 5.32 Å². The quantitative estimate of drug-likeness (QED) is 0.713. The zero-order valence-electron chi connectivity index (χ0n) is 8.37. The summed E-state index contributed by atoms with van der Waals surface area (Å²) in [5.41, 5.74) is 1.37. The van der Waals surface area contributed by atoms with Crippen molar-refractivity contribution in [2.75, 3.05) is 13.1 Å². The molecule has 0 amide bonds. The summed E-state index contributed by atoms with van der Waals surface area (Å²) in [5, 5.41) is 12.6. The first-order valence-corrected chi connectivity index (χ1v) is 5.36. The molecule has 0 aromatic heterocycles. The Labute approximate surface area is 85.0 Å². The lowest BCUT2D eigenvalue weighted by atomic mass is 9.92. The van der Waals surface area contributed by atoms with Crippen molar-refractivity contribution in [3.8, 4) is 5.75 Å². The molecule has 1 aliphatic rings. The molecule has 2 N–H and O–H groups in total. The molecule has 0 saturated carbocycles. The van der Waals surface area contributed by atoms with Crippen molar-refractivity contribution in [1.82, 2.24) is 5.32 Å². The highest BCUT2D eigenvalue weighted by molar-refractivity contribution is 5.28. The van der Waals surface area contributed by atoms with Gasteiger partial charge in [-0.1, -0.05) is 12.1 Å². The van der Waals surface area contributed by atoms with Gasteiger partial charge in [-0.25, -0.2) is 0 Å². The van der Waals surface area contributed by atoms with Crippen LogP contribution in [0.3, 0.4) is 0 Å². The van der Waals surface area contributed by atoms with Crippen LogP contribution in [0.15, 0.2) is 24.3 Å². The van der Waals surface area contributed by atoms with E-state index in [4.69, 9.17) is 0 Å². The van der Waals surface area contributed by atoms with Crippen LogP contribution < -0.4 is 5.32 Å². The van der Waals surface area contributed by atoms with Gasteiger partial charge in [-0.05, 0) is 56.0 Å². The molecule has 14 heavy (non-hydrogen) atoms. The molecule has 2 heteroatoms. The molecule has 1 atom stereocenters. The second-order valence-electron chi connectivity index (χ2n) is 3.97. The molecular formula is C12H17NO. The molecule has 2 nitrogen and oxygen atoms in total. The van der Waals surface area contributed by atoms with E-state index >= 15 is 0 Å². The molecular weight excluding hydrogens is 174 g/mol. The molecule has 1 aromatic carbocycles. The third-order valence-corrected chi connectivity index (χ3v) is 2.94. The van der Waals surface area contributed by atoms with Gasteiger partial charge in [0.25, 0.3) is 0 Å². The normalized spacial score (nSPS) is 23.0. The van der Waals surface area contributed by atoms with Gasteiger partial charge in [0.2, 0.25) is 0 Å². The summed E-state index contributed by atoms with van der Waals surface area (Å²) in [6.07, 6.45) is 3.73. The number of rotatable bonds is 1. The van der Waals surface area contributed by atoms with Gasteiger partial charge in [0.15, 0.2) is 0 Å². The van der Waals surface area contributed by atoms with E-state index in [1.54, 1.807) is 12.1 Å². The van der Waals surface area contributed by atoms with Gasteiger partial charge in [-0.15, -0.1) is 0 Å². The predicted molar refractivity (Wildman–Crippen MR) is 57.6 cm³/mol. The van der Waals surface area contributed by atoms with E-state index < -0.39 is 0 Å². The molecule has 1 aliphatic heterocycles. The highest BCUT2D eigenvalue weighted by Crippen LogP contribution is 2.27. The third kappa shape index (κ3) is 2.26. The summed E-state index contributed by atoms with van der Waals surface area (Å²) in [5.74, 6) is 1.03. The van der Waals surface area contributed by atoms with Crippen LogP contribution in [0.2, 0.25) is 0 Å². The monoisotopic (exact) mass is 191 g/mol. The molecule has 0 spiro atoms. The molecule has 1 heterocycles. The highest BCUT2D eigenvalue weighted by Gasteiger charge is 2.13. The lowest BCUT2D eigenvalue weighted by Gasteiger charge is -2.13. The Kier molecular flexibility index (Phi) is 3.04. The predicted octanol–water partition coefficient (Wildman–Crippen LogP) is 2.25. The topological polar surface area (TPSA) is 32.3 Å². The summed E-state index contributed by atoms with van der Waals surface area (Å²) >= 11 is 0. The maximum atomic E-state index is 9.20. The molecule has 0 aliphatic carbocycles. The SMILES string of the molecule is Oc1ccc(C2CCCNCC2)cc1. The van der Waals surface area contributed by atoms with Crippen molar-refractivity contribution in [2.45, 2.75) is 25.2 Å². The Morgan fingerprint density at radius 1 is 1.07 bits per heavy atom. The Bertz CT molecular complexity index is 273. The van der Waals surface area contributed by atoms with Crippen LogP contribution in [-0.2, 0) is 0 Å². The second kappa shape index (κ2) is 4.47. The van der Waals surface area contributed by atoms with Crippen LogP contribution in [0, 0.1) is 0 Å². The summed E-state index contributed by atoms with van der Waals surface area (Å²) in [4.78, 5) is 0. The highest BCUT2D eigenvalue weighted by atomic mass is 16.3. The first kappa shape index (κ1) is 9.53. The average Bonchev–Trinajstić information content (AvgIpc) is 2.47. The molecule has 1 saturated heterocycles. The zero-order chi connectivity index (χ0) is 9.80. The molecule has 2 rings (SSSR count). The number of aromatic hydroxyl groups is 1. The Balaban J connectivity index is 2.08. The second-order valence-corrected chi connectivity index (χ2v) is 3.97. The van der Waals surface area contributed by atoms with E-state index in [1.807, 2.05) is 12.1 Å². The van der Waals surface area contributed by atoms with Crippen LogP contribution in [0.5, 0.6) is 5.75 Å². The standard InChI is InChI=1S/C12H17NO/c14-12-5-3-11(4-6-12)10-2-1-8-13-9-7-10/h3-6,10,13-14H,1-2,7-9H2. The van der Waals surface area contributed by atoms with Gasteiger partial charge in [0.05, 0.1) is 0 Å². The van der Waals surface area contributed by atoms with Gasteiger partial charge in [-0.2, -0.15) is 0 Å². The van der Waals surface area contributed by atoms with Gasteiger partial charge in [-0.3, -0.25) is 0 Å². The van der Waals surface area contributed by atoms with E-state index in [0.29, 0.717) is 11.7 Å². The maximum absolute atomic E-state index is 9.20. The number of hydrogen-bond acceptors (Lipinski definition) is 2. The Morgan fingerprint density at radius 3 is 2.64 bits per heavy atom. The number of phenols is 1. The minimum absolute atomic E-state index is 0.362. The van der Waals surface area contributed by atoms with Crippen LogP contribution >= 0.6 is 0 Å². The minimum Gasteiger partial charge on any atom is -0.508 e. The fraction of sp³-hybridized carbons (Fsp3) is 0.500. The van der Waals surface area contributed by atoms with Crippen LogP contribution in [0.25, 0.3) is 0 Å². The molecule has 1 fully saturated rings. The number of benzene rings is 1. The zero-order valence-corrected chi connectivity index (χ0v) is 8.37. The maximum Gasteiger partial charge on any atom is 0.115 e. The molecule has 1 unspecified atom stereocenters. The first-order valence-electron chi connectivity index (χ1n) is 5.36. The summed E-state index contributed by atoms with van der Waals surface area (Å²) in [6, 6.07) is 7.66. The van der Waals surface area contributed by atoms with Crippen molar-refractivity contribution < 1.29 is 5.11 Å². The van der Waals surface area contributed by atoms with Crippen molar-refractivity contribution in [3.63, 3.8) is 0 Å². The molecule has 0 radical (unpaired) electrons. The van der Waals surface area contributed by atoms with Gasteiger partial charge >= 0.3 is 0 Å². The first-order chi connectivity index (χ1) is 6.86. The lowest BCUT2D eigenvalue weighted by molar-refractivity contribution is 0.474. The Morgan fingerprint density at radius 2 is 1.86 bits per heavy atom. The average molecular weight is 191 g/mol. The smallest absolute Gasteiger partial charge is 0.115 e. The van der Waals surface area contributed by atoms with Crippen LogP contribution in [-0.4, -0.2) is 18.2 Å². The van der Waals surface area contributed by atoms with Gasteiger partial charge in [0.1, 0.15) is 5.75 Å². The van der Waals surface area contributed by atoms with E-state index in [1.165, 1.54) is 24.8 Å². The summed E-state index contributed by atoms with van der Waals surface area (Å²) in [6.45, 7) is 2.26. The number of nitrogens with one attached hydrogen (secondary N) is 1. The fourth-order valence-electron chi connectivity index (χ4n) is 2.10. The molecule has 0 bridgehead atoms. The van der Waals surface area contributed by atoms with E-state index in [-0.39, 0.29) is 0 Å². The minimum atomic E-state index is 0.362. The van der Waals surface area contributed by atoms with Gasteiger partial charge in [0, 0.05) is 0 Å². The summed E-state index contributed by atoms with van der Waals surface area (Å²) in [7, 11) is 0. The summed E-state index contributed by atoms with van der Waals surface area (Å²) < 4.78 is 0. The fourth-order valence-corrected chi connectivity index (χ4v) is 2.10. The van der Waals surface area contributed by atoms with Gasteiger partial charge < -0.3 is 10.4 Å². The number of hydrogen-bond donors (Lipinski definition) is 2. The van der Waals surface area contributed by atoms with E-state index in [0.717, 1.165) is 13.1 Å². The van der Waals surface area contributed by atoms with Crippen molar-refractivity contribution in [2.24, 2.45) is 0 Å². The lowest BCUT2D eigenvalue weighted by Crippen LogP contribution is -2.13. The molecule has 1 aromatic rings. The van der Waals surface area contributed by atoms with E-state index in [9.17, 15) is 5.11 Å². The number of phenolic OH excluding ortho intramolecular Hbond substituents is 1. The Hall–Kier alpha value is -1.02. The third-order valence-electron chi connectivity index (χ3n) is 2.94. The van der Waals surface area contributed by atoms with Crippen molar-refractivity contribution >= 4 is 0 Å². The van der Waals surface area contributed by atoms with Crippen molar-refractivity contribution in [1.29, 1.82) is 0 Å². The largest absolute Gasteiger partial charge is 0.508 e. The molecule has 76 valence electrons. The van der Waals surface area contributed by atoms with Crippen LogP contribution in [0.1, 0.15) is 30.7 Å². The van der Waals surface area contributed by atoms with Crippen molar-refractivity contribution in [3.05, 3.63) is 29.8 Å². The van der Waals surface area contributed by atoms with Crippen LogP contribution in [0.4, 0.5) is 0 Å².